The Bertz CT molecular complexity index is 796. The molecule has 2 rings (SSSR count). The number of unbranched alkanes of at least 4 members (excludes halogenated alkanes) is 14. The lowest BCUT2D eigenvalue weighted by atomic mass is 10.0. The van der Waals surface area contributed by atoms with E-state index in [1.54, 1.807) is 48.5 Å². The molecule has 0 saturated heterocycles. The molecule has 0 heterocycles. The van der Waals surface area contributed by atoms with E-state index < -0.39 is 5.97 Å². The molecule has 0 saturated carbocycles. The van der Waals surface area contributed by atoms with Gasteiger partial charge in [-0.3, -0.25) is 14.4 Å². The second-order valence-electron chi connectivity index (χ2n) is 9.85. The first-order valence-electron chi connectivity index (χ1n) is 14.4. The van der Waals surface area contributed by atoms with Crippen LogP contribution in [0.15, 0.2) is 60.7 Å². The Labute approximate surface area is 224 Å². The van der Waals surface area contributed by atoms with Gasteiger partial charge in [0.05, 0.1) is 6.42 Å². The fourth-order valence-electron chi connectivity index (χ4n) is 4.25. The first-order chi connectivity index (χ1) is 18.0. The van der Waals surface area contributed by atoms with Gasteiger partial charge in [0, 0.05) is 17.5 Å². The van der Waals surface area contributed by atoms with Crippen LogP contribution in [-0.2, 0) is 4.79 Å². The van der Waals surface area contributed by atoms with Crippen molar-refractivity contribution in [1.82, 2.24) is 0 Å². The molecular formula is C33H48O4. The quantitative estimate of drug-likeness (QED) is 0.110. The number of hydrogen-bond donors (Lipinski definition) is 1. The minimum atomic E-state index is -0.653. The lowest BCUT2D eigenvalue weighted by Gasteiger charge is -2.03. The summed E-state index contributed by atoms with van der Waals surface area (Å²) in [6.45, 7) is 2.27. The van der Waals surface area contributed by atoms with Gasteiger partial charge in [-0.2, -0.15) is 0 Å². The van der Waals surface area contributed by atoms with Crippen molar-refractivity contribution in [2.45, 2.75) is 116 Å². The Kier molecular flexibility index (Phi) is 19.6. The molecule has 0 aromatic heterocycles. The van der Waals surface area contributed by atoms with Gasteiger partial charge in [-0.1, -0.05) is 157 Å². The molecule has 0 aliphatic heterocycles. The van der Waals surface area contributed by atoms with E-state index in [1.807, 2.05) is 12.1 Å². The highest BCUT2D eigenvalue weighted by molar-refractivity contribution is 6.13. The van der Waals surface area contributed by atoms with E-state index in [4.69, 9.17) is 5.11 Å². The fourth-order valence-corrected chi connectivity index (χ4v) is 4.25. The second kappa shape index (κ2) is 22.4. The summed E-state index contributed by atoms with van der Waals surface area (Å²) in [5, 5.41) is 8.52. The predicted molar refractivity (Wildman–Crippen MR) is 153 cm³/mol. The van der Waals surface area contributed by atoms with Crippen molar-refractivity contribution in [3.05, 3.63) is 71.8 Å². The maximum absolute atomic E-state index is 11.8. The molecular weight excluding hydrogens is 460 g/mol. The first-order valence-corrected chi connectivity index (χ1v) is 14.4. The molecule has 0 unspecified atom stereocenters. The highest BCUT2D eigenvalue weighted by Crippen LogP contribution is 2.13. The van der Waals surface area contributed by atoms with E-state index in [0.717, 1.165) is 12.8 Å². The molecule has 0 atom stereocenters. The summed E-state index contributed by atoms with van der Waals surface area (Å²) in [4.78, 5) is 33.9. The van der Waals surface area contributed by atoms with E-state index in [1.165, 1.54) is 83.5 Å². The van der Waals surface area contributed by atoms with Crippen LogP contribution in [0, 0.1) is 0 Å². The number of carbonyl (C=O) groups is 3. The van der Waals surface area contributed by atoms with Crippen molar-refractivity contribution in [2.75, 3.05) is 0 Å². The normalized spacial score (nSPS) is 10.4. The number of carboxylic acids is 1. The zero-order chi connectivity index (χ0) is 27.0. The monoisotopic (exact) mass is 508 g/mol. The summed E-state index contributed by atoms with van der Waals surface area (Å²) in [6.07, 6.45) is 20.1. The van der Waals surface area contributed by atoms with Gasteiger partial charge >= 0.3 is 5.97 Å². The third kappa shape index (κ3) is 18.2. The maximum atomic E-state index is 11.8. The SMILES string of the molecule is CCCCCCCCCCCCCCCCCC(=O)O.O=C(CC(=O)c1ccccc1)c1ccccc1. The van der Waals surface area contributed by atoms with Crippen LogP contribution in [0.25, 0.3) is 0 Å². The minimum Gasteiger partial charge on any atom is -0.481 e. The van der Waals surface area contributed by atoms with Gasteiger partial charge in [0.2, 0.25) is 0 Å². The smallest absolute Gasteiger partial charge is 0.303 e. The van der Waals surface area contributed by atoms with Crippen molar-refractivity contribution in [3.8, 4) is 0 Å². The standard InChI is InChI=1S/C18H36O2.C15H12O2/c1-2-3-4-5-6-7-8-9-10-11-12-13-14-15-16-17-18(19)20;16-14(12-7-3-1-4-8-12)11-15(17)13-9-5-2-6-10-13/h2-17H2,1H3,(H,19,20);1-10H,11H2. The van der Waals surface area contributed by atoms with Crippen LogP contribution in [-0.4, -0.2) is 22.6 Å². The molecule has 0 spiro atoms. The second-order valence-corrected chi connectivity index (χ2v) is 9.85. The van der Waals surface area contributed by atoms with Gasteiger partial charge in [-0.15, -0.1) is 0 Å². The highest BCUT2D eigenvalue weighted by atomic mass is 16.4. The van der Waals surface area contributed by atoms with Crippen LogP contribution in [0.1, 0.15) is 137 Å². The topological polar surface area (TPSA) is 71.4 Å². The number of hydrogen-bond acceptors (Lipinski definition) is 3. The minimum absolute atomic E-state index is 0.0754. The van der Waals surface area contributed by atoms with Crippen LogP contribution in [0.5, 0.6) is 0 Å². The van der Waals surface area contributed by atoms with Crippen LogP contribution in [0.4, 0.5) is 0 Å². The van der Waals surface area contributed by atoms with Crippen LogP contribution in [0.3, 0.4) is 0 Å². The van der Waals surface area contributed by atoms with Crippen molar-refractivity contribution >= 4 is 17.5 Å². The molecule has 0 amide bonds. The van der Waals surface area contributed by atoms with Gasteiger partial charge in [0.25, 0.3) is 0 Å². The van der Waals surface area contributed by atoms with Crippen molar-refractivity contribution in [1.29, 1.82) is 0 Å². The molecule has 0 aliphatic rings. The number of benzene rings is 2. The van der Waals surface area contributed by atoms with Gasteiger partial charge in [-0.25, -0.2) is 0 Å². The number of aliphatic carboxylic acids is 1. The lowest BCUT2D eigenvalue weighted by Crippen LogP contribution is -2.08. The van der Waals surface area contributed by atoms with Crippen molar-refractivity contribution in [2.24, 2.45) is 0 Å². The maximum Gasteiger partial charge on any atom is 0.303 e. The third-order valence-corrected chi connectivity index (χ3v) is 6.51. The lowest BCUT2D eigenvalue weighted by molar-refractivity contribution is -0.137. The number of Topliss-reactive ketones (excluding diaryl/α,β-unsaturated/α-hetero) is 2. The van der Waals surface area contributed by atoms with E-state index in [9.17, 15) is 14.4 Å². The summed E-state index contributed by atoms with van der Waals surface area (Å²) in [6, 6.07) is 17.7. The van der Waals surface area contributed by atoms with Gasteiger partial charge in [0.15, 0.2) is 11.6 Å². The molecule has 4 heteroatoms. The summed E-state index contributed by atoms with van der Waals surface area (Å²) >= 11 is 0. The largest absolute Gasteiger partial charge is 0.481 e. The predicted octanol–water partition coefficient (Wildman–Crippen LogP) is 9.47. The van der Waals surface area contributed by atoms with E-state index in [-0.39, 0.29) is 18.0 Å². The van der Waals surface area contributed by atoms with E-state index in [2.05, 4.69) is 6.92 Å². The van der Waals surface area contributed by atoms with E-state index in [0.29, 0.717) is 17.5 Å². The zero-order valence-corrected chi connectivity index (χ0v) is 23.0. The Hall–Kier alpha value is -2.75. The number of rotatable bonds is 20. The molecule has 4 nitrogen and oxygen atoms in total. The molecule has 204 valence electrons. The molecule has 2 aromatic carbocycles. The summed E-state index contributed by atoms with van der Waals surface area (Å²) in [5.74, 6) is -0.932. The Balaban J connectivity index is 0.000000373. The Morgan fingerprint density at radius 3 is 1.16 bits per heavy atom. The summed E-state index contributed by atoms with van der Waals surface area (Å²) in [7, 11) is 0. The number of ketones is 2. The third-order valence-electron chi connectivity index (χ3n) is 6.51. The first kappa shape index (κ1) is 32.3. The zero-order valence-electron chi connectivity index (χ0n) is 23.0. The van der Waals surface area contributed by atoms with Crippen LogP contribution >= 0.6 is 0 Å². The summed E-state index contributed by atoms with van der Waals surface area (Å²) < 4.78 is 0. The molecule has 37 heavy (non-hydrogen) atoms. The van der Waals surface area contributed by atoms with Crippen LogP contribution in [0.2, 0.25) is 0 Å². The van der Waals surface area contributed by atoms with Crippen LogP contribution < -0.4 is 0 Å². The van der Waals surface area contributed by atoms with Crippen molar-refractivity contribution in [3.63, 3.8) is 0 Å². The number of carbonyl (C=O) groups excluding carboxylic acids is 2. The molecule has 1 N–H and O–H groups in total. The molecule has 0 bridgehead atoms. The fraction of sp³-hybridized carbons (Fsp3) is 0.545. The van der Waals surface area contributed by atoms with Gasteiger partial charge < -0.3 is 5.11 Å². The average Bonchev–Trinajstić information content (AvgIpc) is 2.92. The van der Waals surface area contributed by atoms with Crippen molar-refractivity contribution < 1.29 is 19.5 Å². The molecule has 0 fully saturated rings. The molecule has 2 aromatic rings. The van der Waals surface area contributed by atoms with Gasteiger partial charge in [0.1, 0.15) is 0 Å². The summed E-state index contributed by atoms with van der Waals surface area (Å²) in [5.41, 5.74) is 1.16. The highest BCUT2D eigenvalue weighted by Gasteiger charge is 2.12. The Morgan fingerprint density at radius 2 is 0.838 bits per heavy atom. The average molecular weight is 509 g/mol. The Morgan fingerprint density at radius 1 is 0.514 bits per heavy atom. The molecule has 0 aliphatic carbocycles. The van der Waals surface area contributed by atoms with Gasteiger partial charge in [-0.05, 0) is 6.42 Å². The number of carboxylic acid groups (broad SMARTS) is 1. The van der Waals surface area contributed by atoms with E-state index >= 15 is 0 Å². The molecule has 0 radical (unpaired) electrons.